The van der Waals surface area contributed by atoms with E-state index in [2.05, 4.69) is 10.3 Å². The van der Waals surface area contributed by atoms with Crippen LogP contribution in [0.4, 0.5) is 0 Å². The number of halogens is 1. The summed E-state index contributed by atoms with van der Waals surface area (Å²) in [6.07, 6.45) is 2.40. The molecular formula is C17H22ClN3O2. The maximum atomic E-state index is 12.4. The molecule has 1 unspecified atom stereocenters. The van der Waals surface area contributed by atoms with Crippen molar-refractivity contribution in [1.29, 1.82) is 0 Å². The Bertz CT molecular complexity index is 632. The largest absolute Gasteiger partial charge is 0.497 e. The number of carbonyl (C=O) groups excluding carboxylic acids is 1. The molecule has 6 heteroatoms. The number of ether oxygens (including phenoxy) is 1. The van der Waals surface area contributed by atoms with Crippen LogP contribution in [-0.2, 0) is 6.54 Å². The highest BCUT2D eigenvalue weighted by atomic mass is 35.5. The molecule has 1 atom stereocenters. The summed E-state index contributed by atoms with van der Waals surface area (Å²) in [4.78, 5) is 16.5. The van der Waals surface area contributed by atoms with Crippen molar-refractivity contribution in [3.8, 4) is 5.75 Å². The average molecular weight is 336 g/mol. The molecule has 2 aromatic rings. The first-order valence-electron chi connectivity index (χ1n) is 7.27. The summed E-state index contributed by atoms with van der Waals surface area (Å²) >= 11 is 0. The second-order valence-electron chi connectivity index (χ2n) is 4.95. The number of rotatable bonds is 6. The van der Waals surface area contributed by atoms with Crippen molar-refractivity contribution in [1.82, 2.24) is 10.3 Å². The van der Waals surface area contributed by atoms with Gasteiger partial charge in [0.1, 0.15) is 5.75 Å². The Morgan fingerprint density at radius 3 is 2.57 bits per heavy atom. The Balaban J connectivity index is 0.00000264. The third-order valence-electron chi connectivity index (χ3n) is 3.52. The van der Waals surface area contributed by atoms with Gasteiger partial charge in [-0.25, -0.2) is 0 Å². The number of hydrogen-bond acceptors (Lipinski definition) is 4. The number of pyridine rings is 1. The van der Waals surface area contributed by atoms with Gasteiger partial charge >= 0.3 is 0 Å². The molecule has 1 aromatic carbocycles. The van der Waals surface area contributed by atoms with E-state index >= 15 is 0 Å². The summed E-state index contributed by atoms with van der Waals surface area (Å²) in [7, 11) is 1.63. The van der Waals surface area contributed by atoms with Crippen LogP contribution in [0.25, 0.3) is 0 Å². The van der Waals surface area contributed by atoms with Crippen molar-refractivity contribution in [2.75, 3.05) is 7.11 Å². The van der Waals surface area contributed by atoms with Crippen LogP contribution in [-0.4, -0.2) is 18.0 Å². The third kappa shape index (κ3) is 4.94. The number of aromatic nitrogens is 1. The second kappa shape index (κ2) is 9.12. The van der Waals surface area contributed by atoms with E-state index in [9.17, 15) is 4.79 Å². The Kier molecular flexibility index (Phi) is 7.51. The minimum absolute atomic E-state index is 0. The molecule has 1 heterocycles. The minimum Gasteiger partial charge on any atom is -0.497 e. The van der Waals surface area contributed by atoms with E-state index < -0.39 is 0 Å². The molecule has 0 aliphatic rings. The van der Waals surface area contributed by atoms with Gasteiger partial charge in [0.05, 0.1) is 18.8 Å². The van der Waals surface area contributed by atoms with Crippen LogP contribution < -0.4 is 15.8 Å². The van der Waals surface area contributed by atoms with Crippen molar-refractivity contribution in [2.45, 2.75) is 25.9 Å². The van der Waals surface area contributed by atoms with Crippen LogP contribution in [0.3, 0.4) is 0 Å². The fourth-order valence-corrected chi connectivity index (χ4v) is 2.23. The van der Waals surface area contributed by atoms with Crippen molar-refractivity contribution in [2.24, 2.45) is 5.73 Å². The van der Waals surface area contributed by atoms with Gasteiger partial charge in [0.2, 0.25) is 0 Å². The van der Waals surface area contributed by atoms with Gasteiger partial charge in [-0.3, -0.25) is 9.78 Å². The molecule has 0 aliphatic carbocycles. The first kappa shape index (κ1) is 18.9. The number of nitrogens with one attached hydrogen (secondary N) is 1. The number of benzene rings is 1. The molecule has 0 radical (unpaired) electrons. The van der Waals surface area contributed by atoms with Gasteiger partial charge in [-0.1, -0.05) is 19.1 Å². The van der Waals surface area contributed by atoms with Crippen LogP contribution >= 0.6 is 12.4 Å². The smallest absolute Gasteiger partial charge is 0.251 e. The Hall–Kier alpha value is -2.11. The van der Waals surface area contributed by atoms with Crippen LogP contribution in [0, 0.1) is 0 Å². The van der Waals surface area contributed by atoms with E-state index in [0.717, 1.165) is 17.7 Å². The summed E-state index contributed by atoms with van der Waals surface area (Å²) in [5.41, 5.74) is 7.88. The molecule has 1 aromatic heterocycles. The van der Waals surface area contributed by atoms with E-state index in [4.69, 9.17) is 10.5 Å². The van der Waals surface area contributed by atoms with Gasteiger partial charge in [-0.15, -0.1) is 12.4 Å². The van der Waals surface area contributed by atoms with E-state index in [1.54, 1.807) is 25.4 Å². The lowest BCUT2D eigenvalue weighted by Crippen LogP contribution is -2.28. The molecule has 1 amide bonds. The van der Waals surface area contributed by atoms with E-state index in [0.29, 0.717) is 17.8 Å². The van der Waals surface area contributed by atoms with Crippen molar-refractivity contribution < 1.29 is 9.53 Å². The van der Waals surface area contributed by atoms with Gasteiger partial charge in [0.15, 0.2) is 0 Å². The van der Waals surface area contributed by atoms with Gasteiger partial charge in [-0.05, 0) is 36.2 Å². The molecule has 0 fully saturated rings. The Labute approximate surface area is 142 Å². The molecule has 23 heavy (non-hydrogen) atoms. The van der Waals surface area contributed by atoms with E-state index in [-0.39, 0.29) is 24.4 Å². The SMILES string of the molecule is CCC(NC(=O)c1ccnc(CN)c1)c1ccc(OC)cc1.Cl. The molecular weight excluding hydrogens is 314 g/mol. The first-order valence-corrected chi connectivity index (χ1v) is 7.27. The molecule has 124 valence electrons. The number of nitrogens with zero attached hydrogens (tertiary/aromatic N) is 1. The lowest BCUT2D eigenvalue weighted by Gasteiger charge is -2.18. The molecule has 0 saturated carbocycles. The van der Waals surface area contributed by atoms with Gasteiger partial charge in [-0.2, -0.15) is 0 Å². The zero-order chi connectivity index (χ0) is 15.9. The van der Waals surface area contributed by atoms with Gasteiger partial charge in [0, 0.05) is 18.3 Å². The number of amides is 1. The van der Waals surface area contributed by atoms with Crippen LogP contribution in [0.2, 0.25) is 0 Å². The molecule has 3 N–H and O–H groups in total. The topological polar surface area (TPSA) is 77.2 Å². The highest BCUT2D eigenvalue weighted by Gasteiger charge is 2.14. The van der Waals surface area contributed by atoms with Gasteiger partial charge in [0.25, 0.3) is 5.91 Å². The minimum atomic E-state index is -0.125. The maximum Gasteiger partial charge on any atom is 0.251 e. The van der Waals surface area contributed by atoms with E-state index in [1.165, 1.54) is 0 Å². The predicted octanol–water partition coefficient (Wildman–Crippen LogP) is 2.85. The number of methoxy groups -OCH3 is 1. The fourth-order valence-electron chi connectivity index (χ4n) is 2.23. The van der Waals surface area contributed by atoms with Crippen LogP contribution in [0.1, 0.15) is 41.0 Å². The maximum absolute atomic E-state index is 12.4. The van der Waals surface area contributed by atoms with Crippen molar-refractivity contribution >= 4 is 18.3 Å². The van der Waals surface area contributed by atoms with Crippen LogP contribution in [0.15, 0.2) is 42.6 Å². The lowest BCUT2D eigenvalue weighted by molar-refractivity contribution is 0.0935. The molecule has 0 saturated heterocycles. The molecule has 0 spiro atoms. The summed E-state index contributed by atoms with van der Waals surface area (Å²) in [6, 6.07) is 11.1. The summed E-state index contributed by atoms with van der Waals surface area (Å²) < 4.78 is 5.15. The highest BCUT2D eigenvalue weighted by molar-refractivity contribution is 5.94. The molecule has 2 rings (SSSR count). The monoisotopic (exact) mass is 335 g/mol. The molecule has 0 aliphatic heterocycles. The zero-order valence-corrected chi connectivity index (χ0v) is 14.1. The predicted molar refractivity (Wildman–Crippen MR) is 92.9 cm³/mol. The number of hydrogen-bond donors (Lipinski definition) is 2. The normalized spacial score (nSPS) is 11.3. The quantitative estimate of drug-likeness (QED) is 0.851. The van der Waals surface area contributed by atoms with Crippen molar-refractivity contribution in [3.05, 3.63) is 59.4 Å². The second-order valence-corrected chi connectivity index (χ2v) is 4.95. The molecule has 5 nitrogen and oxygen atoms in total. The summed E-state index contributed by atoms with van der Waals surface area (Å²) in [6.45, 7) is 2.35. The fraction of sp³-hybridized carbons (Fsp3) is 0.294. The highest BCUT2D eigenvalue weighted by Crippen LogP contribution is 2.20. The number of carbonyl (C=O) groups is 1. The van der Waals surface area contributed by atoms with Crippen molar-refractivity contribution in [3.63, 3.8) is 0 Å². The zero-order valence-electron chi connectivity index (χ0n) is 13.3. The van der Waals surface area contributed by atoms with Gasteiger partial charge < -0.3 is 15.8 Å². The Morgan fingerprint density at radius 2 is 2.00 bits per heavy atom. The standard InChI is InChI=1S/C17H21N3O2.ClH/c1-3-16(12-4-6-15(22-2)7-5-12)20-17(21)13-8-9-19-14(10-13)11-18;/h4-10,16H,3,11,18H2,1-2H3,(H,20,21);1H. The summed E-state index contributed by atoms with van der Waals surface area (Å²) in [5.74, 6) is 0.673. The van der Waals surface area contributed by atoms with E-state index in [1.807, 2.05) is 31.2 Å². The summed E-state index contributed by atoms with van der Waals surface area (Å²) in [5, 5.41) is 3.04. The first-order chi connectivity index (χ1) is 10.7. The lowest BCUT2D eigenvalue weighted by atomic mass is 10.0. The average Bonchev–Trinajstić information content (AvgIpc) is 2.59. The Morgan fingerprint density at radius 1 is 1.30 bits per heavy atom. The van der Waals surface area contributed by atoms with Crippen LogP contribution in [0.5, 0.6) is 5.75 Å². The number of nitrogens with two attached hydrogens (primary N) is 1. The molecule has 0 bridgehead atoms. The third-order valence-corrected chi connectivity index (χ3v) is 3.52.